The molecule has 2 N–H and O–H groups in total. The number of hydrogen-bond donors (Lipinski definition) is 2. The van der Waals surface area contributed by atoms with Gasteiger partial charge < -0.3 is 19.5 Å². The smallest absolute Gasteiger partial charge is 0.262 e. The van der Waals surface area contributed by atoms with Crippen molar-refractivity contribution in [2.75, 3.05) is 0 Å². The molecule has 3 aromatic heterocycles. The van der Waals surface area contributed by atoms with Crippen LogP contribution in [0.15, 0.2) is 92.9 Å². The number of pyridine rings is 1. The first-order chi connectivity index (χ1) is 22.6. The number of carbonyl (C=O) groups excluding carboxylic acids is 2. The van der Waals surface area contributed by atoms with Crippen LogP contribution in [-0.4, -0.2) is 16.8 Å². The maximum atomic E-state index is 13.8. The first kappa shape index (κ1) is 33.8. The molecule has 5 aromatic rings. The van der Waals surface area contributed by atoms with Gasteiger partial charge in [0.1, 0.15) is 52.1 Å². The van der Waals surface area contributed by atoms with E-state index in [4.69, 9.17) is 25.7 Å². The number of rotatable bonds is 8. The third-order valence-electron chi connectivity index (χ3n) is 6.52. The quantitative estimate of drug-likeness (QED) is 0.103. The minimum absolute atomic E-state index is 0.0367. The molecule has 0 aliphatic rings. The second-order valence-corrected chi connectivity index (χ2v) is 10.3. The highest BCUT2D eigenvalue weighted by molar-refractivity contribution is 6.30. The number of hydrogen-bond acceptors (Lipinski definition) is 7. The van der Waals surface area contributed by atoms with Crippen LogP contribution < -0.4 is 10.6 Å². The second kappa shape index (κ2) is 15.8. The topological polar surface area (TPSA) is 145 Å². The molecule has 0 aliphatic heterocycles. The Morgan fingerprint density at radius 2 is 1.40 bits per heavy atom. The van der Waals surface area contributed by atoms with Gasteiger partial charge >= 0.3 is 0 Å². The molecule has 47 heavy (non-hydrogen) atoms. The molecule has 12 heteroatoms. The number of fused-ring (bicyclic) bond motifs is 1. The predicted octanol–water partition coefficient (Wildman–Crippen LogP) is 7.10. The molecule has 0 saturated heterocycles. The van der Waals surface area contributed by atoms with Crippen LogP contribution in [0.2, 0.25) is 5.02 Å². The molecule has 0 atom stereocenters. The van der Waals surface area contributed by atoms with Gasteiger partial charge in [-0.3, -0.25) is 14.6 Å². The van der Waals surface area contributed by atoms with Crippen molar-refractivity contribution in [1.29, 1.82) is 10.5 Å². The molecule has 0 saturated carbocycles. The van der Waals surface area contributed by atoms with Crippen LogP contribution in [0, 0.1) is 48.1 Å². The largest absolute Gasteiger partial charge is 0.465 e. The monoisotopic (exact) mass is 653 g/mol. The van der Waals surface area contributed by atoms with Crippen LogP contribution in [0.5, 0.6) is 0 Å². The predicted molar refractivity (Wildman–Crippen MR) is 171 cm³/mol. The van der Waals surface area contributed by atoms with Gasteiger partial charge in [-0.05, 0) is 80.1 Å². The third-order valence-corrected chi connectivity index (χ3v) is 6.81. The standard InChI is InChI=1S/C19H15N3O2.C16H11ClF2N2O2/c1-13-6-7-16(24-13)12-22-19(23)15(11-20)10-14-8-9-21-18-5-3-2-4-17(14)18;1-9-2-3-11(23-9)8-21-16(22)10(7-20)6-12-14(18)5-4-13(17)15(12)19/h2-10H,12H2,1H3,(H,22,23);2-6H,8H2,1H3,(H,21,22)/b15-10+;10-6+. The van der Waals surface area contributed by atoms with Gasteiger partial charge in [0.2, 0.25) is 0 Å². The number of benzene rings is 2. The average Bonchev–Trinajstić information content (AvgIpc) is 3.70. The fourth-order valence-electron chi connectivity index (χ4n) is 4.20. The zero-order valence-electron chi connectivity index (χ0n) is 25.1. The summed E-state index contributed by atoms with van der Waals surface area (Å²) in [7, 11) is 0. The molecule has 0 unspecified atom stereocenters. The summed E-state index contributed by atoms with van der Waals surface area (Å²) in [4.78, 5) is 28.5. The molecular weight excluding hydrogens is 628 g/mol. The normalized spacial score (nSPS) is 11.2. The number of nitriles is 2. The Balaban J connectivity index is 0.000000213. The van der Waals surface area contributed by atoms with Gasteiger partial charge in [0.05, 0.1) is 23.6 Å². The molecule has 0 fully saturated rings. The zero-order valence-corrected chi connectivity index (χ0v) is 25.9. The highest BCUT2D eigenvalue weighted by atomic mass is 35.5. The molecular formula is C35H26ClF2N5O4. The summed E-state index contributed by atoms with van der Waals surface area (Å²) in [6, 6.07) is 21.9. The summed E-state index contributed by atoms with van der Waals surface area (Å²) in [5, 5.41) is 24.1. The Labute approximate surface area is 273 Å². The van der Waals surface area contributed by atoms with E-state index in [1.807, 2.05) is 43.3 Å². The summed E-state index contributed by atoms with van der Waals surface area (Å²) in [6.07, 6.45) is 4.05. The van der Waals surface area contributed by atoms with Gasteiger partial charge in [0.15, 0.2) is 5.82 Å². The van der Waals surface area contributed by atoms with E-state index in [1.165, 1.54) is 0 Å². The van der Waals surface area contributed by atoms with Crippen molar-refractivity contribution in [3.05, 3.63) is 135 Å². The number of amides is 2. The van der Waals surface area contributed by atoms with Crippen LogP contribution >= 0.6 is 11.6 Å². The minimum atomic E-state index is -1.03. The number of halogens is 3. The first-order valence-corrected chi connectivity index (χ1v) is 14.3. The number of nitrogens with zero attached hydrogens (tertiary/aromatic N) is 3. The van der Waals surface area contributed by atoms with Gasteiger partial charge in [-0.1, -0.05) is 29.8 Å². The Morgan fingerprint density at radius 1 is 0.830 bits per heavy atom. The number of para-hydroxylation sites is 1. The van der Waals surface area contributed by atoms with Crippen molar-refractivity contribution in [1.82, 2.24) is 15.6 Å². The first-order valence-electron chi connectivity index (χ1n) is 14.0. The van der Waals surface area contributed by atoms with Gasteiger partial charge in [-0.25, -0.2) is 8.78 Å². The van der Waals surface area contributed by atoms with E-state index in [1.54, 1.807) is 49.5 Å². The number of nitrogens with one attached hydrogen (secondary N) is 2. The number of furan rings is 2. The van der Waals surface area contributed by atoms with E-state index >= 15 is 0 Å². The lowest BCUT2D eigenvalue weighted by Gasteiger charge is -2.04. The number of aryl methyl sites for hydroxylation is 2. The third kappa shape index (κ3) is 9.01. The number of aromatic nitrogens is 1. The lowest BCUT2D eigenvalue weighted by molar-refractivity contribution is -0.118. The fraction of sp³-hybridized carbons (Fsp3) is 0.114. The van der Waals surface area contributed by atoms with Crippen LogP contribution in [0.25, 0.3) is 23.1 Å². The minimum Gasteiger partial charge on any atom is -0.465 e. The van der Waals surface area contributed by atoms with E-state index in [-0.39, 0.29) is 23.7 Å². The molecule has 2 amide bonds. The van der Waals surface area contributed by atoms with E-state index in [2.05, 4.69) is 15.6 Å². The summed E-state index contributed by atoms with van der Waals surface area (Å²) in [6.45, 7) is 3.87. The summed E-state index contributed by atoms with van der Waals surface area (Å²) >= 11 is 5.57. The van der Waals surface area contributed by atoms with Crippen molar-refractivity contribution in [2.24, 2.45) is 0 Å². The van der Waals surface area contributed by atoms with Crippen molar-refractivity contribution in [3.63, 3.8) is 0 Å². The molecule has 0 bridgehead atoms. The summed E-state index contributed by atoms with van der Waals surface area (Å²) < 4.78 is 38.1. The van der Waals surface area contributed by atoms with Crippen molar-refractivity contribution in [3.8, 4) is 12.1 Å². The Hall–Kier alpha value is -6.04. The lowest BCUT2D eigenvalue weighted by Crippen LogP contribution is -2.23. The summed E-state index contributed by atoms with van der Waals surface area (Å²) in [5.74, 6) is -0.580. The summed E-state index contributed by atoms with van der Waals surface area (Å²) in [5.41, 5.74) is 0.636. The van der Waals surface area contributed by atoms with E-state index in [0.29, 0.717) is 17.3 Å². The Kier molecular flexibility index (Phi) is 11.4. The number of carbonyl (C=O) groups is 2. The van der Waals surface area contributed by atoms with Crippen molar-refractivity contribution in [2.45, 2.75) is 26.9 Å². The van der Waals surface area contributed by atoms with Gasteiger partial charge in [0.25, 0.3) is 11.8 Å². The maximum absolute atomic E-state index is 13.8. The highest BCUT2D eigenvalue weighted by Gasteiger charge is 2.16. The van der Waals surface area contributed by atoms with Crippen LogP contribution in [0.4, 0.5) is 8.78 Å². The molecule has 0 aliphatic carbocycles. The van der Waals surface area contributed by atoms with E-state index < -0.39 is 34.6 Å². The fourth-order valence-corrected chi connectivity index (χ4v) is 4.37. The molecule has 5 rings (SSSR count). The Morgan fingerprint density at radius 3 is 1.96 bits per heavy atom. The van der Waals surface area contributed by atoms with Gasteiger partial charge in [0, 0.05) is 17.1 Å². The zero-order chi connectivity index (χ0) is 33.9. The highest BCUT2D eigenvalue weighted by Crippen LogP contribution is 2.23. The molecule has 9 nitrogen and oxygen atoms in total. The second-order valence-electron chi connectivity index (χ2n) is 9.90. The van der Waals surface area contributed by atoms with E-state index in [0.717, 1.165) is 40.4 Å². The van der Waals surface area contributed by atoms with Crippen molar-refractivity contribution >= 4 is 46.5 Å². The SMILES string of the molecule is Cc1ccc(CNC(=O)/C(C#N)=C/c2c(F)ccc(Cl)c2F)o1.Cc1ccc(CNC(=O)/C(C#N)=C/c2ccnc3ccccc23)o1. The Bertz CT molecular complexity index is 2080. The molecule has 2 aromatic carbocycles. The lowest BCUT2D eigenvalue weighted by atomic mass is 10.1. The molecule has 3 heterocycles. The van der Waals surface area contributed by atoms with Gasteiger partial charge in [-0.2, -0.15) is 10.5 Å². The average molecular weight is 654 g/mol. The van der Waals surface area contributed by atoms with Crippen LogP contribution in [-0.2, 0) is 22.7 Å². The van der Waals surface area contributed by atoms with Gasteiger partial charge in [-0.15, -0.1) is 0 Å². The molecule has 0 radical (unpaired) electrons. The van der Waals surface area contributed by atoms with Crippen LogP contribution in [0.1, 0.15) is 34.2 Å². The molecule has 0 spiro atoms. The maximum Gasteiger partial charge on any atom is 0.262 e. The molecule has 236 valence electrons. The van der Waals surface area contributed by atoms with Crippen LogP contribution in [0.3, 0.4) is 0 Å². The van der Waals surface area contributed by atoms with E-state index in [9.17, 15) is 23.6 Å². The van der Waals surface area contributed by atoms with Crippen molar-refractivity contribution < 1.29 is 27.2 Å².